The van der Waals surface area contributed by atoms with Crippen molar-refractivity contribution in [1.82, 2.24) is 39.4 Å². The predicted octanol–water partition coefficient (Wildman–Crippen LogP) is 4.55. The minimum atomic E-state index is -0.593. The number of rotatable bonds is 8. The third-order valence-electron chi connectivity index (χ3n) is 7.57. The van der Waals surface area contributed by atoms with Gasteiger partial charge in [-0.05, 0) is 76.9 Å². The minimum absolute atomic E-state index is 0.0676. The summed E-state index contributed by atoms with van der Waals surface area (Å²) >= 11 is 0. The van der Waals surface area contributed by atoms with E-state index in [0.29, 0.717) is 60.3 Å². The van der Waals surface area contributed by atoms with Gasteiger partial charge < -0.3 is 24.8 Å². The smallest absolute Gasteiger partial charge is 0.410 e. The first-order valence-corrected chi connectivity index (χ1v) is 15.3. The number of carbonyl (C=O) groups excluding carboxylic acids is 1. The molecule has 1 amide bonds. The van der Waals surface area contributed by atoms with Gasteiger partial charge >= 0.3 is 6.09 Å². The molecule has 1 fully saturated rings. The molecule has 14 heteroatoms. The Balaban J connectivity index is 1.38. The zero-order valence-electron chi connectivity index (χ0n) is 26.9. The van der Waals surface area contributed by atoms with Crippen LogP contribution in [0.2, 0.25) is 0 Å². The number of aryl methyl sites for hydroxylation is 2. The number of aliphatic hydroxyl groups is 1. The van der Waals surface area contributed by atoms with Crippen LogP contribution in [0.5, 0.6) is 5.75 Å². The molecule has 47 heavy (non-hydrogen) atoms. The van der Waals surface area contributed by atoms with Crippen LogP contribution in [0.15, 0.2) is 48.8 Å². The standard InChI is InChI=1S/C33H36N10O4/c1-20-6-8-29(39-38-20)36-26-15-25-27(16-28(26)46-24-10-12-41(18-24)32(45)47-33(3,4)5)42(19-35-25)30-9-7-22(11-13-44)31(37-30)43-21(2)14-23(17-34)40-43/h6-9,14-16,19,24,44H,10-13,18H2,1-5H3,(H,36,39)/t24-/m0/s1. The molecule has 2 N–H and O–H groups in total. The highest BCUT2D eigenvalue weighted by Crippen LogP contribution is 2.35. The van der Waals surface area contributed by atoms with Crippen molar-refractivity contribution in [3.8, 4) is 23.5 Å². The molecule has 5 aromatic rings. The highest BCUT2D eigenvalue weighted by atomic mass is 16.6. The maximum absolute atomic E-state index is 12.7. The summed E-state index contributed by atoms with van der Waals surface area (Å²) < 4.78 is 15.6. The van der Waals surface area contributed by atoms with Crippen molar-refractivity contribution in [3.05, 3.63) is 71.4 Å². The van der Waals surface area contributed by atoms with Gasteiger partial charge in [0.1, 0.15) is 35.7 Å². The number of benzene rings is 1. The monoisotopic (exact) mass is 636 g/mol. The van der Waals surface area contributed by atoms with Gasteiger partial charge in [0.15, 0.2) is 17.3 Å². The van der Waals surface area contributed by atoms with Crippen LogP contribution in [0.25, 0.3) is 22.7 Å². The first-order chi connectivity index (χ1) is 22.5. The highest BCUT2D eigenvalue weighted by Gasteiger charge is 2.31. The van der Waals surface area contributed by atoms with Crippen molar-refractivity contribution in [1.29, 1.82) is 5.26 Å². The van der Waals surface area contributed by atoms with E-state index < -0.39 is 5.60 Å². The lowest BCUT2D eigenvalue weighted by atomic mass is 10.2. The van der Waals surface area contributed by atoms with E-state index in [2.05, 4.69) is 31.7 Å². The Labute approximate surface area is 271 Å². The first-order valence-electron chi connectivity index (χ1n) is 15.3. The van der Waals surface area contributed by atoms with E-state index >= 15 is 0 Å². The minimum Gasteiger partial charge on any atom is -0.486 e. The van der Waals surface area contributed by atoms with E-state index in [1.807, 2.05) is 75.6 Å². The van der Waals surface area contributed by atoms with Crippen LogP contribution < -0.4 is 10.1 Å². The fraction of sp³-hybridized carbons (Fsp3) is 0.364. The number of anilines is 2. The normalized spacial score (nSPS) is 14.7. The molecule has 1 saturated heterocycles. The first kappa shape index (κ1) is 31.4. The Bertz CT molecular complexity index is 1970. The zero-order valence-corrected chi connectivity index (χ0v) is 26.9. The lowest BCUT2D eigenvalue weighted by molar-refractivity contribution is 0.0276. The lowest BCUT2D eigenvalue weighted by Gasteiger charge is -2.24. The van der Waals surface area contributed by atoms with Crippen molar-refractivity contribution in [2.45, 2.75) is 59.2 Å². The number of amides is 1. The van der Waals surface area contributed by atoms with Gasteiger partial charge in [-0.3, -0.25) is 4.57 Å². The zero-order chi connectivity index (χ0) is 33.3. The molecule has 1 aliphatic heterocycles. The fourth-order valence-electron chi connectivity index (χ4n) is 5.36. The number of hydrogen-bond acceptors (Lipinski definition) is 11. The summed E-state index contributed by atoms with van der Waals surface area (Å²) in [6, 6.07) is 15.0. The molecule has 0 bridgehead atoms. The maximum atomic E-state index is 12.7. The van der Waals surface area contributed by atoms with Crippen molar-refractivity contribution >= 4 is 28.6 Å². The summed E-state index contributed by atoms with van der Waals surface area (Å²) in [6.07, 6.45) is 2.03. The number of aliphatic hydroxyl groups excluding tert-OH is 1. The van der Waals surface area contributed by atoms with Gasteiger partial charge in [-0.2, -0.15) is 15.5 Å². The molecule has 1 aromatic carbocycles. The van der Waals surface area contributed by atoms with Crippen LogP contribution in [-0.2, 0) is 11.2 Å². The van der Waals surface area contributed by atoms with Crippen LogP contribution in [-0.4, -0.2) is 82.0 Å². The molecular formula is C33H36N10O4. The topological polar surface area (TPSA) is 169 Å². The van der Waals surface area contributed by atoms with Crippen LogP contribution in [0.4, 0.5) is 16.3 Å². The number of nitrogens with zero attached hydrogens (tertiary/aromatic N) is 9. The molecule has 0 unspecified atom stereocenters. The molecular weight excluding hydrogens is 600 g/mol. The van der Waals surface area contributed by atoms with E-state index in [1.54, 1.807) is 22.0 Å². The van der Waals surface area contributed by atoms with Crippen molar-refractivity contribution in [2.75, 3.05) is 25.0 Å². The number of likely N-dealkylation sites (tertiary alicyclic amines) is 1. The summed E-state index contributed by atoms with van der Waals surface area (Å²) in [4.78, 5) is 24.0. The van der Waals surface area contributed by atoms with E-state index in [9.17, 15) is 15.2 Å². The molecule has 0 aliphatic carbocycles. The number of aromatic nitrogens is 7. The Morgan fingerprint density at radius 2 is 1.98 bits per heavy atom. The Hall–Kier alpha value is -5.55. The molecule has 0 spiro atoms. The van der Waals surface area contributed by atoms with Crippen LogP contribution >= 0.6 is 0 Å². The van der Waals surface area contributed by atoms with E-state index in [1.165, 1.54) is 0 Å². The van der Waals surface area contributed by atoms with Crippen LogP contribution in [0.1, 0.15) is 49.8 Å². The number of carbonyl (C=O) groups is 1. The number of imidazole rings is 1. The molecule has 1 aliphatic rings. The molecule has 5 heterocycles. The number of nitrogens with one attached hydrogen (secondary N) is 1. The predicted molar refractivity (Wildman–Crippen MR) is 173 cm³/mol. The average Bonchev–Trinajstić information content (AvgIpc) is 3.76. The summed E-state index contributed by atoms with van der Waals surface area (Å²) in [5.74, 6) is 2.15. The van der Waals surface area contributed by atoms with Crippen molar-refractivity contribution in [3.63, 3.8) is 0 Å². The van der Waals surface area contributed by atoms with E-state index in [-0.39, 0.29) is 24.5 Å². The summed E-state index contributed by atoms with van der Waals surface area (Å²) in [5.41, 5.74) is 4.03. The van der Waals surface area contributed by atoms with Gasteiger partial charge in [0.25, 0.3) is 0 Å². The van der Waals surface area contributed by atoms with Gasteiger partial charge in [-0.1, -0.05) is 6.07 Å². The Kier molecular flexibility index (Phi) is 8.48. The summed E-state index contributed by atoms with van der Waals surface area (Å²) in [6.45, 7) is 10.1. The Morgan fingerprint density at radius 1 is 1.15 bits per heavy atom. The van der Waals surface area contributed by atoms with Crippen LogP contribution in [0, 0.1) is 25.2 Å². The molecule has 6 rings (SSSR count). The second-order valence-corrected chi connectivity index (χ2v) is 12.4. The third kappa shape index (κ3) is 6.85. The molecule has 242 valence electrons. The SMILES string of the molecule is Cc1ccc(Nc2cc3ncn(-c4ccc(CCO)c(-n5nc(C#N)cc5C)n4)c3cc2O[C@H]2CCN(C(=O)OC(C)(C)C)C2)nn1. The van der Waals surface area contributed by atoms with E-state index in [4.69, 9.17) is 14.5 Å². The number of hydrogen-bond donors (Lipinski definition) is 2. The molecule has 1 atom stereocenters. The molecule has 0 saturated carbocycles. The lowest BCUT2D eigenvalue weighted by Crippen LogP contribution is -2.36. The largest absolute Gasteiger partial charge is 0.486 e. The van der Waals surface area contributed by atoms with Gasteiger partial charge in [0, 0.05) is 31.3 Å². The average molecular weight is 637 g/mol. The number of nitriles is 1. The number of pyridine rings is 1. The van der Waals surface area contributed by atoms with Crippen molar-refractivity contribution in [2.24, 2.45) is 0 Å². The quantitative estimate of drug-likeness (QED) is 0.245. The second kappa shape index (κ2) is 12.7. The Morgan fingerprint density at radius 3 is 2.68 bits per heavy atom. The van der Waals surface area contributed by atoms with Crippen molar-refractivity contribution < 1.29 is 19.4 Å². The second-order valence-electron chi connectivity index (χ2n) is 12.4. The molecule has 0 radical (unpaired) electrons. The summed E-state index contributed by atoms with van der Waals surface area (Å²) in [5, 5.41) is 35.3. The third-order valence-corrected chi connectivity index (χ3v) is 7.57. The van der Waals surface area contributed by atoms with Crippen LogP contribution in [0.3, 0.4) is 0 Å². The van der Waals surface area contributed by atoms with Gasteiger partial charge in [0.05, 0.1) is 29.0 Å². The van der Waals surface area contributed by atoms with Gasteiger partial charge in [-0.15, -0.1) is 5.10 Å². The molecule has 4 aromatic heterocycles. The maximum Gasteiger partial charge on any atom is 0.410 e. The highest BCUT2D eigenvalue weighted by molar-refractivity contribution is 5.86. The van der Waals surface area contributed by atoms with Gasteiger partial charge in [0.2, 0.25) is 0 Å². The number of fused-ring (bicyclic) bond motifs is 1. The molecule has 14 nitrogen and oxygen atoms in total. The van der Waals surface area contributed by atoms with E-state index in [0.717, 1.165) is 22.5 Å². The van der Waals surface area contributed by atoms with Gasteiger partial charge in [-0.25, -0.2) is 19.4 Å². The number of ether oxygens (including phenoxy) is 2. The fourth-order valence-corrected chi connectivity index (χ4v) is 5.36. The summed E-state index contributed by atoms with van der Waals surface area (Å²) in [7, 11) is 0.